The molecule has 2 N–H and O–H groups in total. The minimum Gasteiger partial charge on any atom is -0.383 e. The molecule has 0 unspecified atom stereocenters. The Labute approximate surface area is 113 Å². The molecular weight excluding hydrogens is 290 g/mol. The smallest absolute Gasteiger partial charge is 0.139 e. The number of benzene rings is 1. The Morgan fingerprint density at radius 1 is 1.22 bits per heavy atom. The molecule has 0 radical (unpaired) electrons. The van der Waals surface area contributed by atoms with E-state index in [2.05, 4.69) is 33.9 Å². The van der Waals surface area contributed by atoms with Crippen molar-refractivity contribution in [3.05, 3.63) is 52.6 Å². The number of aryl methyl sites for hydroxylation is 1. The summed E-state index contributed by atoms with van der Waals surface area (Å²) in [5, 5.41) is 0. The molecule has 0 spiro atoms. The van der Waals surface area contributed by atoms with Crippen LogP contribution in [-0.2, 0) is 0 Å². The van der Waals surface area contributed by atoms with Gasteiger partial charge in [0.1, 0.15) is 17.2 Å². The maximum absolute atomic E-state index is 6.15. The first-order chi connectivity index (χ1) is 8.66. The molecule has 2 heterocycles. The van der Waals surface area contributed by atoms with Gasteiger partial charge in [0.15, 0.2) is 0 Å². The van der Waals surface area contributed by atoms with Gasteiger partial charge in [0.05, 0.1) is 0 Å². The van der Waals surface area contributed by atoms with Crippen LogP contribution in [0.1, 0.15) is 5.56 Å². The Morgan fingerprint density at radius 3 is 2.78 bits per heavy atom. The molecule has 0 fully saturated rings. The van der Waals surface area contributed by atoms with Gasteiger partial charge >= 0.3 is 0 Å². The highest BCUT2D eigenvalue weighted by Gasteiger charge is 2.11. The topological polar surface area (TPSA) is 43.3 Å². The van der Waals surface area contributed by atoms with Crippen LogP contribution in [0, 0.1) is 6.92 Å². The van der Waals surface area contributed by atoms with Gasteiger partial charge in [0, 0.05) is 16.2 Å². The van der Waals surface area contributed by atoms with Gasteiger partial charge in [0.25, 0.3) is 0 Å². The van der Waals surface area contributed by atoms with E-state index in [0.717, 1.165) is 21.4 Å². The lowest BCUT2D eigenvalue weighted by molar-refractivity contribution is 1.20. The van der Waals surface area contributed by atoms with Gasteiger partial charge in [0.2, 0.25) is 0 Å². The standard InChI is InChI=1S/C14H12BrN3/c1-9-8-10(5-6-11(9)15)13-14(16)18-7-3-2-4-12(18)17-13/h2-8H,16H2,1H3. The maximum atomic E-state index is 6.15. The summed E-state index contributed by atoms with van der Waals surface area (Å²) in [5.74, 6) is 0.673. The fraction of sp³-hybridized carbons (Fsp3) is 0.0714. The van der Waals surface area contributed by atoms with Crippen LogP contribution < -0.4 is 5.73 Å². The van der Waals surface area contributed by atoms with Gasteiger partial charge < -0.3 is 5.73 Å². The van der Waals surface area contributed by atoms with E-state index in [-0.39, 0.29) is 0 Å². The van der Waals surface area contributed by atoms with Crippen molar-refractivity contribution in [3.63, 3.8) is 0 Å². The Hall–Kier alpha value is -1.81. The highest BCUT2D eigenvalue weighted by Crippen LogP contribution is 2.29. The Balaban J connectivity index is 2.25. The molecular formula is C14H12BrN3. The summed E-state index contributed by atoms with van der Waals surface area (Å²) in [7, 11) is 0. The Kier molecular flexibility index (Phi) is 2.59. The van der Waals surface area contributed by atoms with Gasteiger partial charge in [-0.15, -0.1) is 0 Å². The first kappa shape index (κ1) is 11.3. The minimum absolute atomic E-state index is 0.673. The fourth-order valence-electron chi connectivity index (χ4n) is 2.02. The number of hydrogen-bond donors (Lipinski definition) is 1. The zero-order valence-corrected chi connectivity index (χ0v) is 11.5. The molecule has 90 valence electrons. The van der Waals surface area contributed by atoms with Crippen LogP contribution in [0.5, 0.6) is 0 Å². The summed E-state index contributed by atoms with van der Waals surface area (Å²) >= 11 is 3.50. The van der Waals surface area contributed by atoms with Gasteiger partial charge in [-0.05, 0) is 36.8 Å². The zero-order valence-electron chi connectivity index (χ0n) is 9.89. The molecule has 0 saturated carbocycles. The molecule has 0 atom stereocenters. The average molecular weight is 302 g/mol. The number of rotatable bonds is 1. The fourth-order valence-corrected chi connectivity index (χ4v) is 2.27. The summed E-state index contributed by atoms with van der Waals surface area (Å²) in [6.07, 6.45) is 1.92. The van der Waals surface area contributed by atoms with Gasteiger partial charge in [-0.3, -0.25) is 4.40 Å². The molecule has 0 saturated heterocycles. The molecule has 0 aliphatic rings. The van der Waals surface area contributed by atoms with Crippen molar-refractivity contribution in [2.75, 3.05) is 5.73 Å². The van der Waals surface area contributed by atoms with E-state index in [1.807, 2.05) is 40.9 Å². The summed E-state index contributed by atoms with van der Waals surface area (Å²) < 4.78 is 2.99. The number of fused-ring (bicyclic) bond motifs is 1. The van der Waals surface area contributed by atoms with Crippen molar-refractivity contribution in [2.45, 2.75) is 6.92 Å². The highest BCUT2D eigenvalue weighted by molar-refractivity contribution is 9.10. The van der Waals surface area contributed by atoms with E-state index >= 15 is 0 Å². The zero-order chi connectivity index (χ0) is 12.7. The normalized spacial score (nSPS) is 11.0. The predicted molar refractivity (Wildman–Crippen MR) is 77.5 cm³/mol. The van der Waals surface area contributed by atoms with E-state index in [0.29, 0.717) is 5.82 Å². The second-order valence-corrected chi connectivity index (χ2v) is 5.09. The quantitative estimate of drug-likeness (QED) is 0.745. The molecule has 3 nitrogen and oxygen atoms in total. The predicted octanol–water partition coefficient (Wildman–Crippen LogP) is 3.65. The monoisotopic (exact) mass is 301 g/mol. The van der Waals surface area contributed by atoms with Crippen molar-refractivity contribution >= 4 is 27.4 Å². The number of aromatic nitrogens is 2. The Bertz CT molecular complexity index is 731. The van der Waals surface area contributed by atoms with Crippen molar-refractivity contribution in [3.8, 4) is 11.3 Å². The second-order valence-electron chi connectivity index (χ2n) is 4.24. The molecule has 3 aromatic rings. The summed E-state index contributed by atoms with van der Waals surface area (Å²) in [5.41, 5.74) is 10.1. The number of pyridine rings is 1. The Morgan fingerprint density at radius 2 is 2.06 bits per heavy atom. The third kappa shape index (κ3) is 1.69. The number of anilines is 1. The summed E-state index contributed by atoms with van der Waals surface area (Å²) in [4.78, 5) is 4.58. The third-order valence-electron chi connectivity index (χ3n) is 3.00. The molecule has 0 aliphatic carbocycles. The largest absolute Gasteiger partial charge is 0.383 e. The molecule has 3 rings (SSSR count). The van der Waals surface area contributed by atoms with Crippen LogP contribution in [0.15, 0.2) is 47.1 Å². The first-order valence-electron chi connectivity index (χ1n) is 5.66. The number of nitrogens with zero attached hydrogens (tertiary/aromatic N) is 2. The van der Waals surface area contributed by atoms with E-state index in [1.165, 1.54) is 5.56 Å². The lowest BCUT2D eigenvalue weighted by atomic mass is 10.1. The van der Waals surface area contributed by atoms with E-state index < -0.39 is 0 Å². The van der Waals surface area contributed by atoms with Crippen molar-refractivity contribution in [1.29, 1.82) is 0 Å². The molecule has 0 bridgehead atoms. The maximum Gasteiger partial charge on any atom is 0.139 e. The molecule has 0 amide bonds. The van der Waals surface area contributed by atoms with Crippen molar-refractivity contribution < 1.29 is 0 Å². The van der Waals surface area contributed by atoms with Crippen molar-refractivity contribution in [1.82, 2.24) is 9.38 Å². The van der Waals surface area contributed by atoms with Crippen LogP contribution in [0.4, 0.5) is 5.82 Å². The highest BCUT2D eigenvalue weighted by atomic mass is 79.9. The number of nitrogen functional groups attached to an aromatic ring is 1. The van der Waals surface area contributed by atoms with Gasteiger partial charge in [-0.25, -0.2) is 4.98 Å². The molecule has 0 aliphatic heterocycles. The SMILES string of the molecule is Cc1cc(-c2nc3ccccn3c2N)ccc1Br. The third-order valence-corrected chi connectivity index (χ3v) is 3.89. The molecule has 2 aromatic heterocycles. The van der Waals surface area contributed by atoms with E-state index in [9.17, 15) is 0 Å². The van der Waals surface area contributed by atoms with Crippen LogP contribution >= 0.6 is 15.9 Å². The number of nitrogens with two attached hydrogens (primary N) is 1. The number of imidazole rings is 1. The average Bonchev–Trinajstić information content (AvgIpc) is 2.71. The number of hydrogen-bond acceptors (Lipinski definition) is 2. The molecule has 1 aromatic carbocycles. The van der Waals surface area contributed by atoms with E-state index in [4.69, 9.17) is 5.73 Å². The van der Waals surface area contributed by atoms with Crippen LogP contribution in [-0.4, -0.2) is 9.38 Å². The molecule has 4 heteroatoms. The van der Waals surface area contributed by atoms with Crippen LogP contribution in [0.25, 0.3) is 16.9 Å². The van der Waals surface area contributed by atoms with Crippen LogP contribution in [0.2, 0.25) is 0 Å². The van der Waals surface area contributed by atoms with Gasteiger partial charge in [-0.2, -0.15) is 0 Å². The lowest BCUT2D eigenvalue weighted by Crippen LogP contribution is -1.93. The van der Waals surface area contributed by atoms with Crippen molar-refractivity contribution in [2.24, 2.45) is 0 Å². The van der Waals surface area contributed by atoms with E-state index in [1.54, 1.807) is 0 Å². The van der Waals surface area contributed by atoms with Gasteiger partial charge in [-0.1, -0.05) is 28.1 Å². The first-order valence-corrected chi connectivity index (χ1v) is 6.45. The number of halogens is 1. The lowest BCUT2D eigenvalue weighted by Gasteiger charge is -2.02. The summed E-state index contributed by atoms with van der Waals surface area (Å²) in [6, 6.07) is 12.0. The second kappa shape index (κ2) is 4.14. The summed E-state index contributed by atoms with van der Waals surface area (Å²) in [6.45, 7) is 2.06. The van der Waals surface area contributed by atoms with Crippen LogP contribution in [0.3, 0.4) is 0 Å². The minimum atomic E-state index is 0.673. The molecule has 18 heavy (non-hydrogen) atoms.